The van der Waals surface area contributed by atoms with Crippen LogP contribution in [0.3, 0.4) is 0 Å². The van der Waals surface area contributed by atoms with Gasteiger partial charge in [0.15, 0.2) is 5.96 Å². The van der Waals surface area contributed by atoms with Gasteiger partial charge in [-0.3, -0.25) is 0 Å². The van der Waals surface area contributed by atoms with Crippen LogP contribution in [0.1, 0.15) is 12.5 Å². The molecule has 1 aromatic rings. The van der Waals surface area contributed by atoms with Gasteiger partial charge in [0, 0.05) is 13.1 Å². The SMILES string of the molecule is C#CCNC(=NCc1cccc(OCCN(C)C)c1)NCC.I. The van der Waals surface area contributed by atoms with Gasteiger partial charge in [0.2, 0.25) is 0 Å². The molecule has 0 spiro atoms. The van der Waals surface area contributed by atoms with Gasteiger partial charge in [-0.1, -0.05) is 18.1 Å². The molecule has 23 heavy (non-hydrogen) atoms. The summed E-state index contributed by atoms with van der Waals surface area (Å²) in [5.41, 5.74) is 1.10. The van der Waals surface area contributed by atoms with Crippen molar-refractivity contribution >= 4 is 29.9 Å². The first-order valence-corrected chi connectivity index (χ1v) is 7.47. The van der Waals surface area contributed by atoms with E-state index in [1.165, 1.54) is 0 Å². The van der Waals surface area contributed by atoms with E-state index in [2.05, 4.69) is 26.4 Å². The number of hydrogen-bond donors (Lipinski definition) is 2. The minimum Gasteiger partial charge on any atom is -0.492 e. The van der Waals surface area contributed by atoms with Gasteiger partial charge >= 0.3 is 0 Å². The molecule has 5 nitrogen and oxygen atoms in total. The molecule has 0 aliphatic heterocycles. The molecule has 6 heteroatoms. The van der Waals surface area contributed by atoms with Crippen molar-refractivity contribution in [3.63, 3.8) is 0 Å². The van der Waals surface area contributed by atoms with Crippen LogP contribution in [0, 0.1) is 12.3 Å². The highest BCUT2D eigenvalue weighted by molar-refractivity contribution is 14.0. The van der Waals surface area contributed by atoms with Crippen molar-refractivity contribution in [3.8, 4) is 18.1 Å². The third-order valence-corrected chi connectivity index (χ3v) is 2.83. The molecular weight excluding hydrogens is 403 g/mol. The highest BCUT2D eigenvalue weighted by atomic mass is 127. The Kier molecular flexibility index (Phi) is 12.2. The molecule has 0 unspecified atom stereocenters. The highest BCUT2D eigenvalue weighted by Gasteiger charge is 1.99. The predicted molar refractivity (Wildman–Crippen MR) is 108 cm³/mol. The van der Waals surface area contributed by atoms with Crippen LogP contribution in [0.4, 0.5) is 0 Å². The Morgan fingerprint density at radius 1 is 1.35 bits per heavy atom. The van der Waals surface area contributed by atoms with Crippen LogP contribution >= 0.6 is 24.0 Å². The van der Waals surface area contributed by atoms with Gasteiger partial charge < -0.3 is 20.3 Å². The summed E-state index contributed by atoms with van der Waals surface area (Å²) in [4.78, 5) is 6.60. The van der Waals surface area contributed by atoms with E-state index in [1.54, 1.807) is 0 Å². The minimum absolute atomic E-state index is 0. The number of aliphatic imine (C=N–C) groups is 1. The second-order valence-electron chi connectivity index (χ2n) is 5.05. The van der Waals surface area contributed by atoms with Crippen molar-refractivity contribution in [1.29, 1.82) is 0 Å². The highest BCUT2D eigenvalue weighted by Crippen LogP contribution is 2.14. The van der Waals surface area contributed by atoms with E-state index in [-0.39, 0.29) is 24.0 Å². The first kappa shape index (κ1) is 21.5. The van der Waals surface area contributed by atoms with Crippen molar-refractivity contribution in [2.75, 3.05) is 40.3 Å². The van der Waals surface area contributed by atoms with Crippen LogP contribution in [0.5, 0.6) is 5.75 Å². The van der Waals surface area contributed by atoms with Crippen LogP contribution < -0.4 is 15.4 Å². The monoisotopic (exact) mass is 430 g/mol. The molecule has 0 bridgehead atoms. The van der Waals surface area contributed by atoms with E-state index in [4.69, 9.17) is 11.2 Å². The lowest BCUT2D eigenvalue weighted by Crippen LogP contribution is -2.37. The average Bonchev–Trinajstić information content (AvgIpc) is 2.50. The van der Waals surface area contributed by atoms with Crippen molar-refractivity contribution in [2.45, 2.75) is 13.5 Å². The summed E-state index contributed by atoms with van der Waals surface area (Å²) in [6.07, 6.45) is 5.25. The Morgan fingerprint density at radius 2 is 2.13 bits per heavy atom. The van der Waals surface area contributed by atoms with Crippen molar-refractivity contribution in [3.05, 3.63) is 29.8 Å². The van der Waals surface area contributed by atoms with Gasteiger partial charge in [0.05, 0.1) is 13.1 Å². The van der Waals surface area contributed by atoms with Gasteiger partial charge in [-0.25, -0.2) is 4.99 Å². The van der Waals surface area contributed by atoms with Gasteiger partial charge in [-0.2, -0.15) is 0 Å². The largest absolute Gasteiger partial charge is 0.492 e. The molecule has 2 N–H and O–H groups in total. The summed E-state index contributed by atoms with van der Waals surface area (Å²) in [6.45, 7) is 5.41. The molecule has 0 saturated carbocycles. The Morgan fingerprint density at radius 3 is 2.78 bits per heavy atom. The van der Waals surface area contributed by atoms with E-state index in [9.17, 15) is 0 Å². The van der Waals surface area contributed by atoms with Crippen molar-refractivity contribution in [2.24, 2.45) is 4.99 Å². The van der Waals surface area contributed by atoms with Crippen molar-refractivity contribution < 1.29 is 4.74 Å². The second-order valence-corrected chi connectivity index (χ2v) is 5.05. The minimum atomic E-state index is 0. The standard InChI is InChI=1S/C17H26N4O.HI/c1-5-10-19-17(18-6-2)20-14-15-8-7-9-16(13-15)22-12-11-21(3)4;/h1,7-9,13H,6,10-12,14H2,2-4H3,(H2,18,19,20);1H. The molecule has 0 atom stereocenters. The van der Waals surface area contributed by atoms with Crippen molar-refractivity contribution in [1.82, 2.24) is 15.5 Å². The summed E-state index contributed by atoms with van der Waals surface area (Å²) in [7, 11) is 4.06. The van der Waals surface area contributed by atoms with Crippen LogP contribution in [-0.2, 0) is 6.54 Å². The van der Waals surface area contributed by atoms with Crippen LogP contribution in [-0.4, -0.2) is 51.2 Å². The van der Waals surface area contributed by atoms with Gasteiger partial charge in [0.1, 0.15) is 12.4 Å². The van der Waals surface area contributed by atoms with E-state index in [1.807, 2.05) is 45.3 Å². The van der Waals surface area contributed by atoms with Gasteiger partial charge in [0.25, 0.3) is 0 Å². The summed E-state index contributed by atoms with van der Waals surface area (Å²) in [5, 5.41) is 6.22. The molecule has 0 aromatic heterocycles. The number of halogens is 1. The fourth-order valence-electron chi connectivity index (χ4n) is 1.73. The van der Waals surface area contributed by atoms with E-state index in [0.29, 0.717) is 19.7 Å². The fraction of sp³-hybridized carbons (Fsp3) is 0.471. The maximum absolute atomic E-state index is 5.73. The third-order valence-electron chi connectivity index (χ3n) is 2.83. The number of rotatable bonds is 8. The van der Waals surface area contributed by atoms with Crippen LogP contribution in [0.2, 0.25) is 0 Å². The molecule has 0 amide bonds. The van der Waals surface area contributed by atoms with Gasteiger partial charge in [-0.15, -0.1) is 30.4 Å². The zero-order valence-electron chi connectivity index (χ0n) is 14.1. The van der Waals surface area contributed by atoms with E-state index in [0.717, 1.165) is 30.4 Å². The molecule has 0 aliphatic carbocycles. The Bertz CT molecular complexity index is 512. The Balaban J connectivity index is 0.00000484. The normalized spacial score (nSPS) is 10.7. The lowest BCUT2D eigenvalue weighted by Gasteiger charge is -2.12. The molecular formula is C17H27IN4O. The zero-order valence-corrected chi connectivity index (χ0v) is 16.5. The fourth-order valence-corrected chi connectivity index (χ4v) is 1.73. The van der Waals surface area contributed by atoms with Crippen LogP contribution in [0.25, 0.3) is 0 Å². The molecule has 1 rings (SSSR count). The number of benzene rings is 1. The Hall–Kier alpha value is -1.46. The summed E-state index contributed by atoms with van der Waals surface area (Å²) in [5.74, 6) is 4.13. The number of terminal acetylenes is 1. The number of ether oxygens (including phenoxy) is 1. The summed E-state index contributed by atoms with van der Waals surface area (Å²) < 4.78 is 5.73. The lowest BCUT2D eigenvalue weighted by molar-refractivity contribution is 0.261. The van der Waals surface area contributed by atoms with E-state index >= 15 is 0 Å². The Labute approximate surface area is 156 Å². The second kappa shape index (κ2) is 13.0. The molecule has 128 valence electrons. The maximum Gasteiger partial charge on any atom is 0.192 e. The predicted octanol–water partition coefficient (Wildman–Crippen LogP) is 1.93. The summed E-state index contributed by atoms with van der Waals surface area (Å²) >= 11 is 0. The number of nitrogens with zero attached hydrogens (tertiary/aromatic N) is 2. The average molecular weight is 430 g/mol. The molecule has 0 saturated heterocycles. The number of guanidine groups is 1. The molecule has 1 aromatic carbocycles. The smallest absolute Gasteiger partial charge is 0.192 e. The summed E-state index contributed by atoms with van der Waals surface area (Å²) in [6, 6.07) is 8.00. The first-order chi connectivity index (χ1) is 10.7. The maximum atomic E-state index is 5.73. The first-order valence-electron chi connectivity index (χ1n) is 7.47. The molecule has 0 heterocycles. The number of hydrogen-bond acceptors (Lipinski definition) is 3. The number of nitrogens with one attached hydrogen (secondary N) is 2. The topological polar surface area (TPSA) is 48.9 Å². The zero-order chi connectivity index (χ0) is 16.2. The van der Waals surface area contributed by atoms with Gasteiger partial charge in [-0.05, 0) is 38.7 Å². The molecule has 0 aliphatic rings. The molecule has 0 fully saturated rings. The number of likely N-dealkylation sites (N-methyl/N-ethyl adjacent to an activating group) is 1. The quantitative estimate of drug-likeness (QED) is 0.287. The molecule has 0 radical (unpaired) electrons. The third kappa shape index (κ3) is 10.0. The van der Waals surface area contributed by atoms with Crippen LogP contribution in [0.15, 0.2) is 29.3 Å². The lowest BCUT2D eigenvalue weighted by atomic mass is 10.2. The van der Waals surface area contributed by atoms with E-state index < -0.39 is 0 Å².